The summed E-state index contributed by atoms with van der Waals surface area (Å²) in [4.78, 5) is 0. The van der Waals surface area contributed by atoms with Gasteiger partial charge in [-0.2, -0.15) is 0 Å². The second kappa shape index (κ2) is 4.04. The van der Waals surface area contributed by atoms with Crippen LogP contribution in [0.4, 0.5) is 0 Å². The predicted molar refractivity (Wildman–Crippen MR) is 94.0 cm³/mol. The van der Waals surface area contributed by atoms with Gasteiger partial charge < -0.3 is 4.74 Å². The van der Waals surface area contributed by atoms with Crippen molar-refractivity contribution in [1.29, 1.82) is 0 Å². The normalized spacial score (nSPS) is 30.9. The van der Waals surface area contributed by atoms with Crippen molar-refractivity contribution < 1.29 is 4.74 Å². The summed E-state index contributed by atoms with van der Waals surface area (Å²) in [6.07, 6.45) is 1.02. The third-order valence-electron chi connectivity index (χ3n) is 6.21. The van der Waals surface area contributed by atoms with Crippen LogP contribution < -0.4 is 0 Å². The first-order valence-corrected chi connectivity index (χ1v) is 8.35. The Morgan fingerprint density at radius 1 is 0.826 bits per heavy atom. The number of hydrogen-bond donors (Lipinski definition) is 0. The molecule has 2 aromatic rings. The zero-order valence-electron chi connectivity index (χ0n) is 13.8. The highest BCUT2D eigenvalue weighted by Crippen LogP contribution is 2.66. The van der Waals surface area contributed by atoms with Gasteiger partial charge in [-0.25, -0.2) is 0 Å². The molecule has 3 aliphatic rings. The molecule has 1 fully saturated rings. The van der Waals surface area contributed by atoms with E-state index in [0.29, 0.717) is 0 Å². The van der Waals surface area contributed by atoms with Gasteiger partial charge in [0, 0.05) is 0 Å². The fourth-order valence-corrected chi connectivity index (χ4v) is 4.61. The predicted octanol–water partition coefficient (Wildman–Crippen LogP) is 5.03. The maximum Gasteiger partial charge on any atom is 0.121 e. The van der Waals surface area contributed by atoms with Crippen molar-refractivity contribution in [3.63, 3.8) is 0 Å². The summed E-state index contributed by atoms with van der Waals surface area (Å²) in [5.41, 5.74) is 9.45. The number of benzene rings is 2. The van der Waals surface area contributed by atoms with E-state index in [1.54, 1.807) is 0 Å². The Balaban J connectivity index is 1.84. The molecule has 23 heavy (non-hydrogen) atoms. The van der Waals surface area contributed by atoms with E-state index < -0.39 is 0 Å². The molecule has 0 N–H and O–H groups in total. The first kappa shape index (κ1) is 13.3. The largest absolute Gasteiger partial charge is 0.354 e. The fourth-order valence-electron chi connectivity index (χ4n) is 4.61. The Labute approximate surface area is 137 Å². The van der Waals surface area contributed by atoms with E-state index in [-0.39, 0.29) is 11.2 Å². The molecular weight excluding hydrogens is 280 g/mol. The lowest BCUT2D eigenvalue weighted by molar-refractivity contribution is 0.311. The van der Waals surface area contributed by atoms with E-state index in [2.05, 4.69) is 75.4 Å². The molecule has 2 aliphatic carbocycles. The average molecular weight is 300 g/mol. The van der Waals surface area contributed by atoms with Crippen molar-refractivity contribution in [2.24, 2.45) is 0 Å². The van der Waals surface area contributed by atoms with Crippen molar-refractivity contribution in [3.8, 4) is 0 Å². The van der Waals surface area contributed by atoms with Crippen molar-refractivity contribution in [2.45, 2.75) is 38.4 Å². The van der Waals surface area contributed by atoms with Crippen molar-refractivity contribution >= 4 is 11.1 Å². The maximum absolute atomic E-state index is 6.35. The second-order valence-corrected chi connectivity index (χ2v) is 7.22. The van der Waals surface area contributed by atoms with Crippen LogP contribution in [0.1, 0.15) is 37.5 Å². The highest BCUT2D eigenvalue weighted by molar-refractivity contribution is 6.12. The number of ether oxygens (including phenoxy) is 1. The molecule has 0 radical (unpaired) electrons. The number of hydrogen-bond acceptors (Lipinski definition) is 1. The lowest BCUT2D eigenvalue weighted by atomic mass is 9.72. The van der Waals surface area contributed by atoms with Gasteiger partial charge >= 0.3 is 0 Å². The molecular formula is C22H20O. The van der Waals surface area contributed by atoms with Crippen molar-refractivity contribution in [2.75, 3.05) is 0 Å². The molecule has 5 rings (SSSR count). The van der Waals surface area contributed by atoms with Gasteiger partial charge in [0.2, 0.25) is 0 Å². The minimum absolute atomic E-state index is 0.135. The van der Waals surface area contributed by atoms with E-state index in [1.807, 2.05) is 0 Å². The Bertz CT molecular complexity index is 903. The van der Waals surface area contributed by atoms with Gasteiger partial charge in [0.05, 0.1) is 0 Å². The zero-order chi connectivity index (χ0) is 15.8. The third kappa shape index (κ3) is 1.46. The summed E-state index contributed by atoms with van der Waals surface area (Å²) in [6, 6.07) is 19.6. The maximum atomic E-state index is 6.35. The van der Waals surface area contributed by atoms with E-state index in [0.717, 1.165) is 6.42 Å². The molecule has 1 heteroatoms. The summed E-state index contributed by atoms with van der Waals surface area (Å²) in [6.45, 7) is 6.76. The first-order chi connectivity index (χ1) is 11.1. The molecule has 0 amide bonds. The molecule has 2 atom stereocenters. The standard InChI is InChI=1S/C22H20O/c1-14-19(15-9-5-4-6-10-15)20-17-12-8-7-11-16(17)13-18(20)22(3)21(14,2)23-22/h4-12H,13H2,1-3H3. The summed E-state index contributed by atoms with van der Waals surface area (Å²) in [7, 11) is 0. The Morgan fingerprint density at radius 3 is 2.30 bits per heavy atom. The Morgan fingerprint density at radius 2 is 1.52 bits per heavy atom. The van der Waals surface area contributed by atoms with Crippen LogP contribution in [0.15, 0.2) is 65.7 Å². The molecule has 2 unspecified atom stereocenters. The van der Waals surface area contributed by atoms with Crippen LogP contribution >= 0.6 is 0 Å². The van der Waals surface area contributed by atoms with Crippen LogP contribution in [0.5, 0.6) is 0 Å². The molecule has 0 spiro atoms. The van der Waals surface area contributed by atoms with Crippen LogP contribution in [-0.4, -0.2) is 11.2 Å². The monoisotopic (exact) mass is 300 g/mol. The van der Waals surface area contributed by atoms with E-state index >= 15 is 0 Å². The lowest BCUT2D eigenvalue weighted by Crippen LogP contribution is -2.28. The average Bonchev–Trinajstić information content (AvgIpc) is 2.98. The van der Waals surface area contributed by atoms with Crippen molar-refractivity contribution in [1.82, 2.24) is 0 Å². The Kier molecular flexibility index (Phi) is 2.34. The van der Waals surface area contributed by atoms with Gasteiger partial charge in [0.25, 0.3) is 0 Å². The van der Waals surface area contributed by atoms with Gasteiger partial charge in [-0.15, -0.1) is 0 Å². The van der Waals surface area contributed by atoms with Crippen LogP contribution in [0, 0.1) is 0 Å². The smallest absolute Gasteiger partial charge is 0.121 e. The van der Waals surface area contributed by atoms with Gasteiger partial charge in [-0.3, -0.25) is 0 Å². The summed E-state index contributed by atoms with van der Waals surface area (Å²) >= 11 is 0. The van der Waals surface area contributed by atoms with E-state index in [4.69, 9.17) is 4.74 Å². The quantitative estimate of drug-likeness (QED) is 0.673. The van der Waals surface area contributed by atoms with Gasteiger partial charge in [-0.1, -0.05) is 54.6 Å². The van der Waals surface area contributed by atoms with Crippen LogP contribution in [0.25, 0.3) is 11.1 Å². The SMILES string of the molecule is CC1=C(c2ccccc2)C2=C(Cc3ccccc32)C2(C)OC12C. The van der Waals surface area contributed by atoms with E-state index in [9.17, 15) is 0 Å². The van der Waals surface area contributed by atoms with Gasteiger partial charge in [0.15, 0.2) is 0 Å². The molecule has 0 bridgehead atoms. The van der Waals surface area contributed by atoms with Crippen LogP contribution in [0.3, 0.4) is 0 Å². The first-order valence-electron chi connectivity index (χ1n) is 8.35. The highest BCUT2D eigenvalue weighted by atomic mass is 16.6. The van der Waals surface area contributed by atoms with Gasteiger partial charge in [0.1, 0.15) is 11.2 Å². The summed E-state index contributed by atoms with van der Waals surface area (Å²) < 4.78 is 6.35. The molecule has 1 saturated heterocycles. The fraction of sp³-hybridized carbons (Fsp3) is 0.273. The minimum Gasteiger partial charge on any atom is -0.354 e. The molecule has 114 valence electrons. The summed E-state index contributed by atoms with van der Waals surface area (Å²) in [5.74, 6) is 0. The second-order valence-electron chi connectivity index (χ2n) is 7.22. The zero-order valence-corrected chi connectivity index (χ0v) is 13.8. The number of epoxide rings is 1. The minimum atomic E-state index is -0.154. The molecule has 1 heterocycles. The topological polar surface area (TPSA) is 12.5 Å². The van der Waals surface area contributed by atoms with Crippen molar-refractivity contribution in [3.05, 3.63) is 82.4 Å². The molecule has 1 nitrogen and oxygen atoms in total. The third-order valence-corrected chi connectivity index (χ3v) is 6.21. The van der Waals surface area contributed by atoms with Crippen LogP contribution in [0.2, 0.25) is 0 Å². The number of fused-ring (bicyclic) bond motifs is 4. The molecule has 1 aliphatic heterocycles. The Hall–Kier alpha value is -2.12. The van der Waals surface area contributed by atoms with Gasteiger partial charge in [-0.05, 0) is 66.2 Å². The van der Waals surface area contributed by atoms with Crippen LogP contribution in [-0.2, 0) is 11.2 Å². The number of allylic oxidation sites excluding steroid dienone is 2. The summed E-state index contributed by atoms with van der Waals surface area (Å²) in [5, 5.41) is 0. The lowest BCUT2D eigenvalue weighted by Gasteiger charge is -2.27. The highest BCUT2D eigenvalue weighted by Gasteiger charge is 2.69. The number of rotatable bonds is 1. The molecule has 0 aromatic heterocycles. The molecule has 0 saturated carbocycles. The van der Waals surface area contributed by atoms with E-state index in [1.165, 1.54) is 39.0 Å². The molecule has 2 aromatic carbocycles.